The number of imidazole rings is 1. The standard InChI is InChI=1S/C23H19Cl2N5O3/c1-29(9-8-27-22(31)14-3-2-4-15(11-14)23(32)33)19-12-18(30-10-7-26-13-30)16-5-6-17(24)20(25)21(16)28-19/h2-7,10-13H,8-9H2,1H3,(H,27,31)(H,32,33). The van der Waals surface area contributed by atoms with Gasteiger partial charge in [-0.05, 0) is 30.3 Å². The summed E-state index contributed by atoms with van der Waals surface area (Å²) in [5.41, 5.74) is 1.74. The van der Waals surface area contributed by atoms with E-state index in [9.17, 15) is 9.59 Å². The van der Waals surface area contributed by atoms with E-state index >= 15 is 0 Å². The summed E-state index contributed by atoms with van der Waals surface area (Å²) in [7, 11) is 1.85. The maximum Gasteiger partial charge on any atom is 0.335 e. The van der Waals surface area contributed by atoms with E-state index < -0.39 is 5.97 Å². The van der Waals surface area contributed by atoms with Crippen molar-refractivity contribution >= 4 is 51.8 Å². The fourth-order valence-electron chi connectivity index (χ4n) is 3.36. The number of halogens is 2. The molecule has 0 aliphatic heterocycles. The van der Waals surface area contributed by atoms with Gasteiger partial charge < -0.3 is 19.9 Å². The van der Waals surface area contributed by atoms with Gasteiger partial charge in [0.2, 0.25) is 0 Å². The van der Waals surface area contributed by atoms with Crippen LogP contribution in [0.25, 0.3) is 16.6 Å². The van der Waals surface area contributed by atoms with E-state index in [0.29, 0.717) is 34.5 Å². The monoisotopic (exact) mass is 483 g/mol. The largest absolute Gasteiger partial charge is 0.478 e. The quantitative estimate of drug-likeness (QED) is 0.406. The van der Waals surface area contributed by atoms with Crippen molar-refractivity contribution in [1.29, 1.82) is 0 Å². The highest BCUT2D eigenvalue weighted by Crippen LogP contribution is 2.34. The lowest BCUT2D eigenvalue weighted by Gasteiger charge is -2.21. The Kier molecular flexibility index (Phi) is 6.48. The lowest BCUT2D eigenvalue weighted by Crippen LogP contribution is -2.33. The second kappa shape index (κ2) is 9.48. The number of rotatable bonds is 7. The van der Waals surface area contributed by atoms with Crippen molar-refractivity contribution in [3.05, 3.63) is 82.4 Å². The van der Waals surface area contributed by atoms with Gasteiger partial charge >= 0.3 is 5.97 Å². The number of fused-ring (bicyclic) bond motifs is 1. The van der Waals surface area contributed by atoms with Gasteiger partial charge in [-0.15, -0.1) is 0 Å². The minimum atomic E-state index is -1.08. The predicted octanol–water partition coefficient (Wildman–Crippen LogP) is 4.29. The topological polar surface area (TPSA) is 100 Å². The van der Waals surface area contributed by atoms with Crippen LogP contribution in [0.3, 0.4) is 0 Å². The molecule has 0 radical (unpaired) electrons. The van der Waals surface area contributed by atoms with Crippen molar-refractivity contribution in [2.24, 2.45) is 0 Å². The van der Waals surface area contributed by atoms with Crippen LogP contribution in [0.2, 0.25) is 10.0 Å². The Bertz CT molecular complexity index is 1340. The third-order valence-corrected chi connectivity index (χ3v) is 5.91. The van der Waals surface area contributed by atoms with E-state index in [0.717, 1.165) is 11.1 Å². The Morgan fingerprint density at radius 3 is 2.67 bits per heavy atom. The van der Waals surface area contributed by atoms with Gasteiger partial charge in [0, 0.05) is 49.5 Å². The van der Waals surface area contributed by atoms with Crippen LogP contribution < -0.4 is 10.2 Å². The van der Waals surface area contributed by atoms with Crippen molar-refractivity contribution in [1.82, 2.24) is 19.9 Å². The number of nitrogens with one attached hydrogen (secondary N) is 1. The van der Waals surface area contributed by atoms with E-state index in [1.165, 1.54) is 18.2 Å². The van der Waals surface area contributed by atoms with Crippen LogP contribution in [0.5, 0.6) is 0 Å². The number of likely N-dealkylation sites (N-methyl/N-ethyl adjacent to an activating group) is 1. The highest BCUT2D eigenvalue weighted by Gasteiger charge is 2.15. The minimum absolute atomic E-state index is 0.0581. The molecule has 0 aliphatic carbocycles. The number of carbonyl (C=O) groups excluding carboxylic acids is 1. The summed E-state index contributed by atoms with van der Waals surface area (Å²) in [5.74, 6) is -0.802. The molecule has 0 spiro atoms. The zero-order valence-corrected chi connectivity index (χ0v) is 19.0. The Labute approximate surface area is 199 Å². The number of carbonyl (C=O) groups is 2. The average Bonchev–Trinajstić information content (AvgIpc) is 3.35. The van der Waals surface area contributed by atoms with Crippen LogP contribution in [-0.4, -0.2) is 51.7 Å². The molecule has 0 saturated carbocycles. The van der Waals surface area contributed by atoms with Crippen molar-refractivity contribution in [3.63, 3.8) is 0 Å². The summed E-state index contributed by atoms with van der Waals surface area (Å²) in [6.07, 6.45) is 5.20. The van der Waals surface area contributed by atoms with Gasteiger partial charge in [-0.3, -0.25) is 4.79 Å². The van der Waals surface area contributed by atoms with Gasteiger partial charge in [-0.1, -0.05) is 29.3 Å². The summed E-state index contributed by atoms with van der Waals surface area (Å²) >= 11 is 12.7. The number of aromatic nitrogens is 3. The number of aromatic carboxylic acids is 1. The third-order valence-electron chi connectivity index (χ3n) is 5.12. The van der Waals surface area contributed by atoms with Crippen LogP contribution in [0.15, 0.2) is 61.2 Å². The van der Waals surface area contributed by atoms with Gasteiger partial charge in [-0.2, -0.15) is 0 Å². The van der Waals surface area contributed by atoms with Gasteiger partial charge in [0.25, 0.3) is 5.91 Å². The van der Waals surface area contributed by atoms with E-state index in [2.05, 4.69) is 10.3 Å². The van der Waals surface area contributed by atoms with Crippen LogP contribution >= 0.6 is 23.2 Å². The Morgan fingerprint density at radius 2 is 1.94 bits per heavy atom. The summed E-state index contributed by atoms with van der Waals surface area (Å²) in [5, 5.41) is 13.5. The number of hydrogen-bond acceptors (Lipinski definition) is 5. The van der Waals surface area contributed by atoms with Crippen LogP contribution in [0.4, 0.5) is 5.82 Å². The highest BCUT2D eigenvalue weighted by molar-refractivity contribution is 6.45. The molecule has 33 heavy (non-hydrogen) atoms. The fraction of sp³-hybridized carbons (Fsp3) is 0.130. The molecule has 0 aliphatic rings. The molecule has 2 heterocycles. The predicted molar refractivity (Wildman–Crippen MR) is 128 cm³/mol. The molecule has 2 aromatic carbocycles. The normalized spacial score (nSPS) is 10.9. The number of anilines is 1. The van der Waals surface area contributed by atoms with Crippen LogP contribution in [0.1, 0.15) is 20.7 Å². The summed E-state index contributed by atoms with van der Waals surface area (Å²) in [4.78, 5) is 34.2. The molecule has 0 bridgehead atoms. The van der Waals surface area contributed by atoms with Crippen molar-refractivity contribution < 1.29 is 14.7 Å². The average molecular weight is 484 g/mol. The number of amides is 1. The molecule has 0 fully saturated rings. The highest BCUT2D eigenvalue weighted by atomic mass is 35.5. The molecule has 2 aromatic heterocycles. The first-order valence-electron chi connectivity index (χ1n) is 9.95. The summed E-state index contributed by atoms with van der Waals surface area (Å²) < 4.78 is 1.86. The maximum atomic E-state index is 12.4. The SMILES string of the molecule is CN(CCNC(=O)c1cccc(C(=O)O)c1)c1cc(-n2ccnc2)c2ccc(Cl)c(Cl)c2n1. The molecule has 168 valence electrons. The molecule has 0 unspecified atom stereocenters. The second-order valence-electron chi connectivity index (χ2n) is 7.29. The second-order valence-corrected chi connectivity index (χ2v) is 8.08. The van der Waals surface area contributed by atoms with Crippen molar-refractivity contribution in [2.75, 3.05) is 25.0 Å². The molecular weight excluding hydrogens is 465 g/mol. The van der Waals surface area contributed by atoms with E-state index in [1.54, 1.807) is 24.7 Å². The van der Waals surface area contributed by atoms with Gasteiger partial charge in [0.15, 0.2) is 0 Å². The molecule has 8 nitrogen and oxygen atoms in total. The first kappa shape index (κ1) is 22.6. The molecule has 10 heteroatoms. The van der Waals surface area contributed by atoms with Gasteiger partial charge in [0.1, 0.15) is 5.82 Å². The van der Waals surface area contributed by atoms with E-state index in [4.69, 9.17) is 33.3 Å². The maximum absolute atomic E-state index is 12.4. The Balaban J connectivity index is 1.54. The first-order chi connectivity index (χ1) is 15.8. The van der Waals surface area contributed by atoms with Gasteiger partial charge in [-0.25, -0.2) is 14.8 Å². The fourth-order valence-corrected chi connectivity index (χ4v) is 3.72. The van der Waals surface area contributed by atoms with Crippen LogP contribution in [0, 0.1) is 0 Å². The Hall–Kier alpha value is -3.62. The van der Waals surface area contributed by atoms with Crippen molar-refractivity contribution in [2.45, 2.75) is 0 Å². The third kappa shape index (κ3) is 4.76. The Morgan fingerprint density at radius 1 is 1.15 bits per heavy atom. The molecule has 0 atom stereocenters. The van der Waals surface area contributed by atoms with E-state index in [-0.39, 0.29) is 17.0 Å². The number of carboxylic acid groups (broad SMARTS) is 1. The van der Waals surface area contributed by atoms with Gasteiger partial charge in [0.05, 0.1) is 33.1 Å². The zero-order valence-electron chi connectivity index (χ0n) is 17.5. The van der Waals surface area contributed by atoms with Crippen LogP contribution in [-0.2, 0) is 0 Å². The minimum Gasteiger partial charge on any atom is -0.478 e. The molecule has 0 saturated heterocycles. The molecule has 4 rings (SSSR count). The van der Waals surface area contributed by atoms with Crippen molar-refractivity contribution in [3.8, 4) is 5.69 Å². The zero-order chi connectivity index (χ0) is 23.5. The molecular formula is C23H19Cl2N5O3. The first-order valence-corrected chi connectivity index (χ1v) is 10.7. The number of pyridine rings is 1. The lowest BCUT2D eigenvalue weighted by atomic mass is 10.1. The summed E-state index contributed by atoms with van der Waals surface area (Å²) in [6, 6.07) is 11.4. The molecule has 1 amide bonds. The number of carboxylic acids is 1. The van der Waals surface area contributed by atoms with E-state index in [1.807, 2.05) is 34.8 Å². The number of hydrogen-bond donors (Lipinski definition) is 2. The molecule has 4 aromatic rings. The lowest BCUT2D eigenvalue weighted by molar-refractivity contribution is 0.0697. The number of nitrogens with zero attached hydrogens (tertiary/aromatic N) is 4. The number of benzene rings is 2. The summed E-state index contributed by atoms with van der Waals surface area (Å²) in [6.45, 7) is 0.764. The molecule has 2 N–H and O–H groups in total. The smallest absolute Gasteiger partial charge is 0.335 e.